The molecule has 1 saturated heterocycles. The van der Waals surface area contributed by atoms with Gasteiger partial charge in [0.25, 0.3) is 5.91 Å². The Morgan fingerprint density at radius 2 is 2.12 bits per heavy atom. The van der Waals surface area contributed by atoms with Crippen LogP contribution in [0.1, 0.15) is 19.3 Å². The fourth-order valence-corrected chi connectivity index (χ4v) is 3.00. The minimum Gasteiger partial charge on any atom is -0.484 e. The Kier molecular flexibility index (Phi) is 5.35. The van der Waals surface area contributed by atoms with Crippen LogP contribution in [0.2, 0.25) is 0 Å². The summed E-state index contributed by atoms with van der Waals surface area (Å²) in [5, 5.41) is 6.04. The van der Waals surface area contributed by atoms with Crippen LogP contribution in [0.5, 0.6) is 5.75 Å². The Labute approximate surface area is 142 Å². The molecule has 130 valence electrons. The predicted molar refractivity (Wildman–Crippen MR) is 91.9 cm³/mol. The molecule has 6 heteroatoms. The molecule has 1 atom stereocenters. The SMILES string of the molecule is CNCC1CCN(C(=O)COc2cccc(NC(=O)C3CC3)c2)C1. The third-order valence-corrected chi connectivity index (χ3v) is 4.54. The van der Waals surface area contributed by atoms with Crippen LogP contribution in [0.25, 0.3) is 0 Å². The maximum absolute atomic E-state index is 12.2. The van der Waals surface area contributed by atoms with Crippen molar-refractivity contribution in [2.45, 2.75) is 19.3 Å². The molecule has 1 aromatic carbocycles. The van der Waals surface area contributed by atoms with E-state index in [-0.39, 0.29) is 24.3 Å². The number of anilines is 1. The van der Waals surface area contributed by atoms with E-state index >= 15 is 0 Å². The molecule has 2 N–H and O–H groups in total. The number of ether oxygens (including phenoxy) is 1. The normalized spacial score (nSPS) is 20.0. The molecule has 1 heterocycles. The van der Waals surface area contributed by atoms with Crippen molar-refractivity contribution in [1.82, 2.24) is 10.2 Å². The van der Waals surface area contributed by atoms with Gasteiger partial charge in [0, 0.05) is 30.8 Å². The maximum atomic E-state index is 12.2. The van der Waals surface area contributed by atoms with Crippen LogP contribution in [-0.4, -0.2) is 50.0 Å². The summed E-state index contributed by atoms with van der Waals surface area (Å²) in [6.45, 7) is 2.56. The Balaban J connectivity index is 1.47. The topological polar surface area (TPSA) is 70.7 Å². The predicted octanol–water partition coefficient (Wildman–Crippen LogP) is 1.48. The molecule has 0 radical (unpaired) electrons. The number of hydrogen-bond donors (Lipinski definition) is 2. The van der Waals surface area contributed by atoms with E-state index in [1.807, 2.05) is 24.1 Å². The number of hydrogen-bond acceptors (Lipinski definition) is 4. The number of rotatable bonds is 7. The number of nitrogens with one attached hydrogen (secondary N) is 2. The molecule has 2 aliphatic rings. The molecule has 1 aliphatic heterocycles. The van der Waals surface area contributed by atoms with E-state index in [1.54, 1.807) is 12.1 Å². The second-order valence-corrected chi connectivity index (χ2v) is 6.63. The summed E-state index contributed by atoms with van der Waals surface area (Å²) >= 11 is 0. The Morgan fingerprint density at radius 3 is 2.88 bits per heavy atom. The Bertz CT molecular complexity index is 601. The standard InChI is InChI=1S/C18H25N3O3/c1-19-10-13-7-8-21(11-13)17(22)12-24-16-4-2-3-15(9-16)20-18(23)14-5-6-14/h2-4,9,13-14,19H,5-8,10-12H2,1H3,(H,20,23). The van der Waals surface area contributed by atoms with Crippen molar-refractivity contribution in [3.8, 4) is 5.75 Å². The molecule has 0 aromatic heterocycles. The van der Waals surface area contributed by atoms with Gasteiger partial charge in [-0.25, -0.2) is 0 Å². The second kappa shape index (κ2) is 7.66. The Morgan fingerprint density at radius 1 is 1.29 bits per heavy atom. The van der Waals surface area contributed by atoms with Crippen molar-refractivity contribution in [2.24, 2.45) is 11.8 Å². The number of amides is 2. The number of benzene rings is 1. The van der Waals surface area contributed by atoms with Crippen molar-refractivity contribution < 1.29 is 14.3 Å². The highest BCUT2D eigenvalue weighted by Gasteiger charge is 2.29. The monoisotopic (exact) mass is 331 g/mol. The van der Waals surface area contributed by atoms with Gasteiger partial charge in [0.05, 0.1) is 0 Å². The van der Waals surface area contributed by atoms with E-state index in [1.165, 1.54) is 0 Å². The number of carbonyl (C=O) groups is 2. The second-order valence-electron chi connectivity index (χ2n) is 6.63. The third kappa shape index (κ3) is 4.47. The lowest BCUT2D eigenvalue weighted by molar-refractivity contribution is -0.132. The molecule has 24 heavy (non-hydrogen) atoms. The van der Waals surface area contributed by atoms with E-state index < -0.39 is 0 Å². The van der Waals surface area contributed by atoms with Crippen LogP contribution in [0, 0.1) is 11.8 Å². The van der Waals surface area contributed by atoms with Crippen LogP contribution in [-0.2, 0) is 9.59 Å². The average Bonchev–Trinajstić information content (AvgIpc) is 3.33. The minimum absolute atomic E-state index is 0.0148. The van der Waals surface area contributed by atoms with Gasteiger partial charge in [0.15, 0.2) is 6.61 Å². The van der Waals surface area contributed by atoms with Gasteiger partial charge in [-0.1, -0.05) is 6.07 Å². The molecule has 1 saturated carbocycles. The fourth-order valence-electron chi connectivity index (χ4n) is 3.00. The zero-order valence-electron chi connectivity index (χ0n) is 14.1. The van der Waals surface area contributed by atoms with Crippen LogP contribution in [0.4, 0.5) is 5.69 Å². The number of likely N-dealkylation sites (tertiary alicyclic amines) is 1. The van der Waals surface area contributed by atoms with Crippen molar-refractivity contribution in [3.63, 3.8) is 0 Å². The molecule has 0 bridgehead atoms. The first-order chi connectivity index (χ1) is 11.7. The number of nitrogens with zero attached hydrogens (tertiary/aromatic N) is 1. The average molecular weight is 331 g/mol. The van der Waals surface area contributed by atoms with Gasteiger partial charge < -0.3 is 20.3 Å². The minimum atomic E-state index is 0.0148. The fraction of sp³-hybridized carbons (Fsp3) is 0.556. The van der Waals surface area contributed by atoms with Gasteiger partial charge in [0.2, 0.25) is 5.91 Å². The van der Waals surface area contributed by atoms with E-state index in [9.17, 15) is 9.59 Å². The third-order valence-electron chi connectivity index (χ3n) is 4.54. The molecule has 2 amide bonds. The lowest BCUT2D eigenvalue weighted by Gasteiger charge is -2.17. The van der Waals surface area contributed by atoms with Crippen LogP contribution >= 0.6 is 0 Å². The van der Waals surface area contributed by atoms with E-state index in [2.05, 4.69) is 10.6 Å². The molecule has 1 aromatic rings. The van der Waals surface area contributed by atoms with E-state index in [0.29, 0.717) is 17.4 Å². The largest absolute Gasteiger partial charge is 0.484 e. The van der Waals surface area contributed by atoms with Crippen LogP contribution in [0.3, 0.4) is 0 Å². The quantitative estimate of drug-likeness (QED) is 0.794. The molecular formula is C18H25N3O3. The summed E-state index contributed by atoms with van der Waals surface area (Å²) in [5.74, 6) is 1.37. The Hall–Kier alpha value is -2.08. The van der Waals surface area contributed by atoms with E-state index in [4.69, 9.17) is 4.74 Å². The molecule has 2 fully saturated rings. The van der Waals surface area contributed by atoms with Crippen molar-refractivity contribution in [2.75, 3.05) is 38.6 Å². The highest BCUT2D eigenvalue weighted by molar-refractivity contribution is 5.94. The summed E-state index contributed by atoms with van der Waals surface area (Å²) < 4.78 is 5.62. The maximum Gasteiger partial charge on any atom is 0.260 e. The molecule has 0 spiro atoms. The first kappa shape index (κ1) is 16.8. The lowest BCUT2D eigenvalue weighted by atomic mass is 10.1. The zero-order chi connectivity index (χ0) is 16.9. The van der Waals surface area contributed by atoms with Gasteiger partial charge in [-0.3, -0.25) is 9.59 Å². The van der Waals surface area contributed by atoms with Gasteiger partial charge in [-0.05, 0) is 50.9 Å². The van der Waals surface area contributed by atoms with Gasteiger partial charge in [-0.15, -0.1) is 0 Å². The first-order valence-corrected chi connectivity index (χ1v) is 8.62. The summed E-state index contributed by atoms with van der Waals surface area (Å²) in [5.41, 5.74) is 0.715. The smallest absolute Gasteiger partial charge is 0.260 e. The van der Waals surface area contributed by atoms with E-state index in [0.717, 1.165) is 38.9 Å². The van der Waals surface area contributed by atoms with Crippen molar-refractivity contribution >= 4 is 17.5 Å². The highest BCUT2D eigenvalue weighted by atomic mass is 16.5. The summed E-state index contributed by atoms with van der Waals surface area (Å²) in [6.07, 6.45) is 2.98. The van der Waals surface area contributed by atoms with Crippen LogP contribution < -0.4 is 15.4 Å². The van der Waals surface area contributed by atoms with Crippen molar-refractivity contribution in [1.29, 1.82) is 0 Å². The highest BCUT2D eigenvalue weighted by Crippen LogP contribution is 2.30. The molecular weight excluding hydrogens is 306 g/mol. The first-order valence-electron chi connectivity index (χ1n) is 8.62. The van der Waals surface area contributed by atoms with Gasteiger partial charge in [0.1, 0.15) is 5.75 Å². The van der Waals surface area contributed by atoms with Crippen molar-refractivity contribution in [3.05, 3.63) is 24.3 Å². The summed E-state index contributed by atoms with van der Waals surface area (Å²) in [7, 11) is 1.93. The lowest BCUT2D eigenvalue weighted by Crippen LogP contribution is -2.34. The summed E-state index contributed by atoms with van der Waals surface area (Å²) in [4.78, 5) is 25.9. The molecule has 6 nitrogen and oxygen atoms in total. The molecule has 1 unspecified atom stereocenters. The molecule has 3 rings (SSSR count). The number of carbonyl (C=O) groups excluding carboxylic acids is 2. The zero-order valence-corrected chi connectivity index (χ0v) is 14.1. The van der Waals surface area contributed by atoms with Gasteiger partial charge >= 0.3 is 0 Å². The van der Waals surface area contributed by atoms with Crippen LogP contribution in [0.15, 0.2) is 24.3 Å². The van der Waals surface area contributed by atoms with Gasteiger partial charge in [-0.2, -0.15) is 0 Å². The summed E-state index contributed by atoms with van der Waals surface area (Å²) in [6, 6.07) is 7.22. The molecule has 1 aliphatic carbocycles.